The summed E-state index contributed by atoms with van der Waals surface area (Å²) in [6.07, 6.45) is 4.47. The number of nitrogens with two attached hydrogens (primary N) is 1. The first kappa shape index (κ1) is 12.3. The molecule has 1 saturated carbocycles. The Morgan fingerprint density at radius 2 is 2.21 bits per heavy atom. The Hall–Kier alpha value is -1.75. The monoisotopic (exact) mass is 261 g/mol. The molecule has 1 aromatic carbocycles. The van der Waals surface area contributed by atoms with Gasteiger partial charge >= 0.3 is 0 Å². The number of nitrogens with zero attached hydrogens (tertiary/aromatic N) is 1. The second kappa shape index (κ2) is 5.09. The third kappa shape index (κ3) is 2.51. The van der Waals surface area contributed by atoms with Crippen LogP contribution >= 0.6 is 0 Å². The van der Waals surface area contributed by atoms with Crippen LogP contribution < -0.4 is 11.1 Å². The van der Waals surface area contributed by atoms with Crippen LogP contribution in [0.3, 0.4) is 0 Å². The smallest absolute Gasteiger partial charge is 0.295 e. The van der Waals surface area contributed by atoms with Gasteiger partial charge < -0.3 is 20.6 Å². The maximum absolute atomic E-state index is 9.41. The van der Waals surface area contributed by atoms with E-state index in [0.717, 1.165) is 18.4 Å². The van der Waals surface area contributed by atoms with E-state index in [0.29, 0.717) is 17.3 Å². The molecule has 2 unspecified atom stereocenters. The van der Waals surface area contributed by atoms with Crippen molar-refractivity contribution in [2.24, 2.45) is 5.92 Å². The molecule has 102 valence electrons. The number of fused-ring (bicyclic) bond motifs is 1. The van der Waals surface area contributed by atoms with Crippen molar-refractivity contribution in [3.8, 4) is 0 Å². The molecule has 1 aromatic heterocycles. The van der Waals surface area contributed by atoms with Crippen molar-refractivity contribution in [3.63, 3.8) is 0 Å². The molecule has 0 bridgehead atoms. The van der Waals surface area contributed by atoms with Crippen LogP contribution in [-0.4, -0.2) is 22.7 Å². The number of aliphatic hydroxyl groups is 1. The summed E-state index contributed by atoms with van der Waals surface area (Å²) in [5, 5.41) is 12.7. The molecule has 5 heteroatoms. The van der Waals surface area contributed by atoms with Gasteiger partial charge in [-0.1, -0.05) is 12.8 Å². The average molecular weight is 261 g/mol. The van der Waals surface area contributed by atoms with E-state index in [1.807, 2.05) is 12.1 Å². The summed E-state index contributed by atoms with van der Waals surface area (Å²) in [4.78, 5) is 4.40. The van der Waals surface area contributed by atoms with Crippen molar-refractivity contribution in [1.29, 1.82) is 0 Å². The molecule has 0 saturated heterocycles. The van der Waals surface area contributed by atoms with E-state index < -0.39 is 0 Å². The Balaban J connectivity index is 1.80. The first-order valence-electron chi connectivity index (χ1n) is 6.80. The summed E-state index contributed by atoms with van der Waals surface area (Å²) in [6.45, 7) is 0.213. The van der Waals surface area contributed by atoms with Gasteiger partial charge in [0.2, 0.25) is 0 Å². The predicted octanol–water partition coefficient (Wildman–Crippen LogP) is 2.37. The number of benzene rings is 1. The Kier molecular flexibility index (Phi) is 3.29. The van der Waals surface area contributed by atoms with Gasteiger partial charge in [-0.05, 0) is 25.0 Å². The van der Waals surface area contributed by atoms with Gasteiger partial charge in [0, 0.05) is 30.3 Å². The maximum atomic E-state index is 9.41. The van der Waals surface area contributed by atoms with Crippen LogP contribution in [0.15, 0.2) is 22.6 Å². The third-order valence-corrected chi connectivity index (χ3v) is 3.86. The lowest BCUT2D eigenvalue weighted by Crippen LogP contribution is -2.34. The van der Waals surface area contributed by atoms with Gasteiger partial charge in [0.05, 0.1) is 0 Å². The number of hydrogen-bond acceptors (Lipinski definition) is 5. The second-order valence-electron chi connectivity index (χ2n) is 5.22. The second-order valence-corrected chi connectivity index (χ2v) is 5.22. The van der Waals surface area contributed by atoms with Gasteiger partial charge in [-0.25, -0.2) is 0 Å². The van der Waals surface area contributed by atoms with Crippen LogP contribution in [0.4, 0.5) is 11.7 Å². The summed E-state index contributed by atoms with van der Waals surface area (Å²) in [7, 11) is 0. The first-order chi connectivity index (χ1) is 9.26. The van der Waals surface area contributed by atoms with Gasteiger partial charge in [0.15, 0.2) is 5.58 Å². The van der Waals surface area contributed by atoms with E-state index in [9.17, 15) is 5.11 Å². The normalized spacial score (nSPS) is 23.6. The van der Waals surface area contributed by atoms with E-state index in [4.69, 9.17) is 10.2 Å². The van der Waals surface area contributed by atoms with E-state index >= 15 is 0 Å². The molecule has 19 heavy (non-hydrogen) atoms. The molecular weight excluding hydrogens is 242 g/mol. The van der Waals surface area contributed by atoms with Gasteiger partial charge in [0.1, 0.15) is 5.52 Å². The Bertz CT molecular complexity index is 567. The molecule has 1 aliphatic rings. The van der Waals surface area contributed by atoms with Gasteiger partial charge in [0.25, 0.3) is 6.01 Å². The van der Waals surface area contributed by atoms with E-state index in [1.54, 1.807) is 6.07 Å². The van der Waals surface area contributed by atoms with Crippen molar-refractivity contribution >= 4 is 22.8 Å². The first-order valence-corrected chi connectivity index (χ1v) is 6.80. The zero-order valence-electron chi connectivity index (χ0n) is 10.8. The molecule has 0 aliphatic heterocycles. The largest absolute Gasteiger partial charge is 0.423 e. The Labute approximate surface area is 111 Å². The summed E-state index contributed by atoms with van der Waals surface area (Å²) in [5.41, 5.74) is 7.88. The predicted molar refractivity (Wildman–Crippen MR) is 74.9 cm³/mol. The molecular formula is C14H19N3O2. The standard InChI is InChI=1S/C14H19N3O2/c15-10-5-6-12-13(7-10)19-14(17-12)16-11-4-2-1-3-9(11)8-18/h5-7,9,11,18H,1-4,8,15H2,(H,16,17). The van der Waals surface area contributed by atoms with Crippen molar-refractivity contribution in [2.75, 3.05) is 17.7 Å². The number of oxazole rings is 1. The molecule has 2 aromatic rings. The molecule has 4 N–H and O–H groups in total. The number of hydrogen-bond donors (Lipinski definition) is 3. The number of nitrogen functional groups attached to an aromatic ring is 1. The van der Waals surface area contributed by atoms with Crippen LogP contribution in [-0.2, 0) is 0 Å². The van der Waals surface area contributed by atoms with E-state index in [-0.39, 0.29) is 18.6 Å². The summed E-state index contributed by atoms with van der Waals surface area (Å²) >= 11 is 0. The number of aromatic nitrogens is 1. The molecule has 3 rings (SSSR count). The van der Waals surface area contributed by atoms with Crippen LogP contribution in [0.1, 0.15) is 25.7 Å². The van der Waals surface area contributed by atoms with Crippen LogP contribution in [0.2, 0.25) is 0 Å². The van der Waals surface area contributed by atoms with Gasteiger partial charge in [-0.3, -0.25) is 0 Å². The molecule has 0 spiro atoms. The summed E-state index contributed by atoms with van der Waals surface area (Å²) in [5.74, 6) is 0.286. The Morgan fingerprint density at radius 1 is 1.37 bits per heavy atom. The number of anilines is 2. The molecule has 0 amide bonds. The highest BCUT2D eigenvalue weighted by Crippen LogP contribution is 2.28. The molecule has 1 heterocycles. The maximum Gasteiger partial charge on any atom is 0.295 e. The number of aliphatic hydroxyl groups excluding tert-OH is 1. The van der Waals surface area contributed by atoms with Crippen molar-refractivity contribution in [1.82, 2.24) is 4.98 Å². The highest BCUT2D eigenvalue weighted by atomic mass is 16.4. The van der Waals surface area contributed by atoms with Gasteiger partial charge in [-0.15, -0.1) is 0 Å². The molecule has 1 fully saturated rings. The average Bonchev–Trinajstić information content (AvgIpc) is 2.80. The van der Waals surface area contributed by atoms with Crippen LogP contribution in [0.5, 0.6) is 0 Å². The molecule has 5 nitrogen and oxygen atoms in total. The highest BCUT2D eigenvalue weighted by molar-refractivity contribution is 5.78. The summed E-state index contributed by atoms with van der Waals surface area (Å²) in [6, 6.07) is 6.20. The topological polar surface area (TPSA) is 84.3 Å². The zero-order valence-corrected chi connectivity index (χ0v) is 10.8. The highest BCUT2D eigenvalue weighted by Gasteiger charge is 2.25. The lowest BCUT2D eigenvalue weighted by atomic mass is 9.85. The molecule has 2 atom stereocenters. The van der Waals surface area contributed by atoms with Crippen molar-refractivity contribution < 1.29 is 9.52 Å². The number of nitrogens with one attached hydrogen (secondary N) is 1. The SMILES string of the molecule is Nc1ccc2nc(NC3CCCCC3CO)oc2c1. The summed E-state index contributed by atoms with van der Waals surface area (Å²) < 4.78 is 5.66. The fourth-order valence-corrected chi connectivity index (χ4v) is 2.78. The van der Waals surface area contributed by atoms with Crippen LogP contribution in [0.25, 0.3) is 11.1 Å². The minimum absolute atomic E-state index is 0.213. The molecule has 1 aliphatic carbocycles. The number of rotatable bonds is 3. The fourth-order valence-electron chi connectivity index (χ4n) is 2.78. The van der Waals surface area contributed by atoms with E-state index in [2.05, 4.69) is 10.3 Å². The van der Waals surface area contributed by atoms with E-state index in [1.165, 1.54) is 12.8 Å². The third-order valence-electron chi connectivity index (χ3n) is 3.86. The quantitative estimate of drug-likeness (QED) is 0.739. The minimum Gasteiger partial charge on any atom is -0.423 e. The zero-order chi connectivity index (χ0) is 13.2. The van der Waals surface area contributed by atoms with Crippen molar-refractivity contribution in [2.45, 2.75) is 31.7 Å². The van der Waals surface area contributed by atoms with Crippen LogP contribution in [0, 0.1) is 5.92 Å². The Morgan fingerprint density at radius 3 is 3.05 bits per heavy atom. The van der Waals surface area contributed by atoms with Crippen molar-refractivity contribution in [3.05, 3.63) is 18.2 Å². The lowest BCUT2D eigenvalue weighted by molar-refractivity contribution is 0.177. The van der Waals surface area contributed by atoms with Gasteiger partial charge in [-0.2, -0.15) is 4.98 Å². The molecule has 0 radical (unpaired) electrons. The minimum atomic E-state index is 0.213. The lowest BCUT2D eigenvalue weighted by Gasteiger charge is -2.30. The fraction of sp³-hybridized carbons (Fsp3) is 0.500.